The molecule has 0 bridgehead atoms. The molecule has 0 unspecified atom stereocenters. The Kier molecular flexibility index (Phi) is 3.42. The Morgan fingerprint density at radius 3 is 2.65 bits per heavy atom. The average molecular weight is 372 g/mol. The fourth-order valence-electron chi connectivity index (χ4n) is 2.22. The molecule has 1 saturated heterocycles. The molecule has 3 atom stereocenters. The zero-order chi connectivity index (χ0) is 12.8. The molecule has 2 aliphatic rings. The van der Waals surface area contributed by atoms with Crippen molar-refractivity contribution in [2.45, 2.75) is 28.7 Å². The number of esters is 1. The molecule has 2 rings (SSSR count). The standard InChI is InChI=1S/C10H12Br2O5/c1-15-10(16-2)5(11)3-9(14)4-6(13)17-8(9)7(10)12/h3,7-8,14H,4H2,1-2H3/t7-,8-,9+/m0/s1. The maximum Gasteiger partial charge on any atom is 0.309 e. The second kappa shape index (κ2) is 4.31. The Morgan fingerprint density at radius 1 is 1.53 bits per heavy atom. The highest BCUT2D eigenvalue weighted by Gasteiger charge is 2.61. The van der Waals surface area contributed by atoms with Crippen LogP contribution < -0.4 is 0 Å². The quantitative estimate of drug-likeness (QED) is 0.447. The molecule has 0 radical (unpaired) electrons. The predicted molar refractivity (Wildman–Crippen MR) is 65.9 cm³/mol. The first kappa shape index (κ1) is 13.5. The predicted octanol–water partition coefficient (Wildman–Crippen LogP) is 1.08. The molecule has 0 spiro atoms. The topological polar surface area (TPSA) is 65.0 Å². The van der Waals surface area contributed by atoms with Gasteiger partial charge in [0.1, 0.15) is 10.4 Å². The summed E-state index contributed by atoms with van der Waals surface area (Å²) in [5.41, 5.74) is -1.33. The van der Waals surface area contributed by atoms with Gasteiger partial charge in [-0.3, -0.25) is 4.79 Å². The van der Waals surface area contributed by atoms with Crippen LogP contribution in [0.4, 0.5) is 0 Å². The van der Waals surface area contributed by atoms with E-state index in [4.69, 9.17) is 14.2 Å². The van der Waals surface area contributed by atoms with Gasteiger partial charge in [0.25, 0.3) is 0 Å². The van der Waals surface area contributed by atoms with Crippen molar-refractivity contribution in [1.82, 2.24) is 0 Å². The number of hydrogen-bond donors (Lipinski definition) is 1. The number of ether oxygens (including phenoxy) is 3. The maximum absolute atomic E-state index is 11.3. The Balaban J connectivity index is 2.49. The van der Waals surface area contributed by atoms with E-state index in [1.165, 1.54) is 20.3 Å². The Morgan fingerprint density at radius 2 is 2.12 bits per heavy atom. The lowest BCUT2D eigenvalue weighted by atomic mass is 9.84. The van der Waals surface area contributed by atoms with E-state index < -0.39 is 28.3 Å². The largest absolute Gasteiger partial charge is 0.457 e. The molecule has 0 aromatic carbocycles. The van der Waals surface area contributed by atoms with E-state index in [1.807, 2.05) is 0 Å². The second-order valence-corrected chi connectivity index (χ2v) is 5.89. The lowest BCUT2D eigenvalue weighted by Crippen LogP contribution is -2.59. The maximum atomic E-state index is 11.3. The first-order chi connectivity index (χ1) is 7.89. The van der Waals surface area contributed by atoms with Gasteiger partial charge in [0.2, 0.25) is 5.79 Å². The summed E-state index contributed by atoms with van der Waals surface area (Å²) in [6.45, 7) is 0. The normalized spacial score (nSPS) is 39.6. The van der Waals surface area contributed by atoms with Gasteiger partial charge in [0, 0.05) is 14.2 Å². The number of fused-ring (bicyclic) bond motifs is 1. The minimum absolute atomic E-state index is 0.0711. The Labute approximate surface area is 115 Å². The monoisotopic (exact) mass is 370 g/mol. The highest BCUT2D eigenvalue weighted by Crippen LogP contribution is 2.48. The number of rotatable bonds is 2. The summed E-state index contributed by atoms with van der Waals surface area (Å²) < 4.78 is 16.4. The smallest absolute Gasteiger partial charge is 0.309 e. The van der Waals surface area contributed by atoms with Crippen LogP contribution in [-0.2, 0) is 19.0 Å². The summed E-state index contributed by atoms with van der Waals surface area (Å²) in [5, 5.41) is 10.4. The van der Waals surface area contributed by atoms with Crippen molar-refractivity contribution in [2.75, 3.05) is 14.2 Å². The molecule has 96 valence electrons. The van der Waals surface area contributed by atoms with E-state index in [1.54, 1.807) is 0 Å². The van der Waals surface area contributed by atoms with Crippen molar-refractivity contribution in [2.24, 2.45) is 0 Å². The van der Waals surface area contributed by atoms with E-state index in [9.17, 15) is 9.90 Å². The summed E-state index contributed by atoms with van der Waals surface area (Å²) in [4.78, 5) is 10.8. The van der Waals surface area contributed by atoms with Crippen LogP contribution in [0.2, 0.25) is 0 Å². The molecule has 1 N–H and O–H groups in total. The third-order valence-corrected chi connectivity index (χ3v) is 4.99. The van der Waals surface area contributed by atoms with Crippen LogP contribution in [0.15, 0.2) is 10.6 Å². The summed E-state index contributed by atoms with van der Waals surface area (Å²) >= 11 is 6.70. The van der Waals surface area contributed by atoms with E-state index in [0.29, 0.717) is 4.48 Å². The van der Waals surface area contributed by atoms with Crippen molar-refractivity contribution in [3.63, 3.8) is 0 Å². The first-order valence-corrected chi connectivity index (χ1v) is 6.65. The van der Waals surface area contributed by atoms with Crippen LogP contribution in [0.25, 0.3) is 0 Å². The highest BCUT2D eigenvalue weighted by molar-refractivity contribution is 9.12. The molecule has 7 heteroatoms. The van der Waals surface area contributed by atoms with Gasteiger partial charge in [-0.2, -0.15) is 0 Å². The van der Waals surface area contributed by atoms with Gasteiger partial charge in [-0.15, -0.1) is 0 Å². The summed E-state index contributed by atoms with van der Waals surface area (Å²) in [5.74, 6) is -1.55. The lowest BCUT2D eigenvalue weighted by molar-refractivity contribution is -0.200. The van der Waals surface area contributed by atoms with Crippen LogP contribution >= 0.6 is 31.9 Å². The first-order valence-electron chi connectivity index (χ1n) is 4.94. The van der Waals surface area contributed by atoms with Gasteiger partial charge in [-0.25, -0.2) is 0 Å². The third kappa shape index (κ3) is 1.79. The molecular weight excluding hydrogens is 360 g/mol. The van der Waals surface area contributed by atoms with Crippen LogP contribution in [0.3, 0.4) is 0 Å². The molecule has 1 fully saturated rings. The van der Waals surface area contributed by atoms with E-state index in [-0.39, 0.29) is 6.42 Å². The minimum Gasteiger partial charge on any atom is -0.457 e. The number of halogens is 2. The van der Waals surface area contributed by atoms with Gasteiger partial charge >= 0.3 is 5.97 Å². The molecule has 0 amide bonds. The van der Waals surface area contributed by atoms with Crippen molar-refractivity contribution in [1.29, 1.82) is 0 Å². The summed E-state index contributed by atoms with van der Waals surface area (Å²) in [6.07, 6.45) is 0.697. The Bertz CT molecular complexity index is 379. The Hall–Kier alpha value is 0.0500. The molecule has 0 saturated carbocycles. The van der Waals surface area contributed by atoms with Gasteiger partial charge in [0.05, 0.1) is 10.9 Å². The molecule has 5 nitrogen and oxygen atoms in total. The van der Waals surface area contributed by atoms with Gasteiger partial charge in [-0.1, -0.05) is 15.9 Å². The lowest BCUT2D eigenvalue weighted by Gasteiger charge is -2.44. The average Bonchev–Trinajstić information content (AvgIpc) is 2.55. The fraction of sp³-hybridized carbons (Fsp3) is 0.700. The van der Waals surface area contributed by atoms with Crippen molar-refractivity contribution < 1.29 is 24.1 Å². The van der Waals surface area contributed by atoms with E-state index in [0.717, 1.165) is 0 Å². The number of aliphatic hydroxyl groups is 1. The van der Waals surface area contributed by atoms with Gasteiger partial charge < -0.3 is 19.3 Å². The molecular formula is C10H12Br2O5. The van der Waals surface area contributed by atoms with Crippen LogP contribution in [0.1, 0.15) is 6.42 Å². The van der Waals surface area contributed by atoms with Gasteiger partial charge in [-0.05, 0) is 22.0 Å². The molecule has 1 aliphatic heterocycles. The number of alkyl halides is 1. The van der Waals surface area contributed by atoms with Crippen LogP contribution in [-0.4, -0.2) is 47.6 Å². The molecule has 1 aliphatic carbocycles. The minimum atomic E-state index is -1.33. The molecule has 17 heavy (non-hydrogen) atoms. The summed E-state index contributed by atoms with van der Waals surface area (Å²) in [7, 11) is 2.96. The number of hydrogen-bond acceptors (Lipinski definition) is 5. The molecule has 0 aromatic heterocycles. The fourth-order valence-corrected chi connectivity index (χ4v) is 4.68. The SMILES string of the molecule is COC1(OC)C(Br)=C[C@@]2(O)CC(=O)O[C@H]2[C@@H]1Br. The molecule has 1 heterocycles. The molecule has 0 aromatic rings. The van der Waals surface area contributed by atoms with Crippen LogP contribution in [0.5, 0.6) is 0 Å². The summed E-state index contributed by atoms with van der Waals surface area (Å²) in [6, 6.07) is 0. The van der Waals surface area contributed by atoms with Crippen LogP contribution in [0, 0.1) is 0 Å². The zero-order valence-electron chi connectivity index (χ0n) is 9.28. The number of carbonyl (C=O) groups is 1. The van der Waals surface area contributed by atoms with Crippen molar-refractivity contribution in [3.8, 4) is 0 Å². The van der Waals surface area contributed by atoms with Gasteiger partial charge in [0.15, 0.2) is 6.10 Å². The van der Waals surface area contributed by atoms with Crippen molar-refractivity contribution in [3.05, 3.63) is 10.6 Å². The van der Waals surface area contributed by atoms with Crippen molar-refractivity contribution >= 4 is 37.8 Å². The second-order valence-electron chi connectivity index (χ2n) is 4.05. The number of carbonyl (C=O) groups excluding carboxylic acids is 1. The van der Waals surface area contributed by atoms with E-state index in [2.05, 4.69) is 31.9 Å². The van der Waals surface area contributed by atoms with E-state index >= 15 is 0 Å². The third-order valence-electron chi connectivity index (χ3n) is 3.12. The number of methoxy groups -OCH3 is 2. The highest BCUT2D eigenvalue weighted by atomic mass is 79.9. The zero-order valence-corrected chi connectivity index (χ0v) is 12.4.